The molecule has 1 aliphatic carbocycles. The number of nitrogens with zero attached hydrogens (tertiary/aromatic N) is 1. The summed E-state index contributed by atoms with van der Waals surface area (Å²) in [6, 6.07) is 7.83. The van der Waals surface area contributed by atoms with Crippen LogP contribution in [-0.2, 0) is 6.42 Å². The molecule has 0 saturated carbocycles. The Morgan fingerprint density at radius 2 is 1.95 bits per heavy atom. The van der Waals surface area contributed by atoms with Crippen LogP contribution in [0.1, 0.15) is 37.4 Å². The quantitative estimate of drug-likeness (QED) is 0.864. The van der Waals surface area contributed by atoms with Gasteiger partial charge >= 0.3 is 6.18 Å². The molecule has 0 bridgehead atoms. The fourth-order valence-electron chi connectivity index (χ4n) is 3.26. The lowest BCUT2D eigenvalue weighted by Crippen LogP contribution is -2.47. The minimum absolute atomic E-state index is 0.0138. The molecule has 0 heterocycles. The fraction of sp³-hybridized carbons (Fsp3) is 0.625. The molecule has 0 aromatic heterocycles. The average Bonchev–Trinajstić information content (AvgIpc) is 2.77. The van der Waals surface area contributed by atoms with Crippen molar-refractivity contribution in [3.63, 3.8) is 0 Å². The standard InChI is InChI=1S/C16H23F3N2/c1-3-9-21(11-16(17,18)19)14-10-12-7-5-6-8-13(12)15(14)20-4-2/h5-8,14-15,20H,3-4,9-11H2,1-2H3. The van der Waals surface area contributed by atoms with Crippen LogP contribution >= 0.6 is 0 Å². The highest BCUT2D eigenvalue weighted by Crippen LogP contribution is 2.35. The van der Waals surface area contributed by atoms with Gasteiger partial charge in [-0.1, -0.05) is 38.1 Å². The Balaban J connectivity index is 2.23. The second kappa shape index (κ2) is 6.79. The largest absolute Gasteiger partial charge is 0.401 e. The first kappa shape index (κ1) is 16.3. The summed E-state index contributed by atoms with van der Waals surface area (Å²) < 4.78 is 38.6. The van der Waals surface area contributed by atoms with Gasteiger partial charge in [0.15, 0.2) is 0 Å². The van der Waals surface area contributed by atoms with Crippen molar-refractivity contribution < 1.29 is 13.2 Å². The molecular formula is C16H23F3N2. The summed E-state index contributed by atoms with van der Waals surface area (Å²) in [5.74, 6) is 0. The molecule has 0 amide bonds. The van der Waals surface area contributed by atoms with Crippen LogP contribution in [0, 0.1) is 0 Å². The molecule has 2 rings (SSSR count). The predicted molar refractivity (Wildman–Crippen MR) is 78.3 cm³/mol. The van der Waals surface area contributed by atoms with Crippen molar-refractivity contribution in [2.24, 2.45) is 0 Å². The molecule has 21 heavy (non-hydrogen) atoms. The van der Waals surface area contributed by atoms with Gasteiger partial charge in [0.1, 0.15) is 0 Å². The third-order valence-corrected chi connectivity index (χ3v) is 3.99. The summed E-state index contributed by atoms with van der Waals surface area (Å²) in [6.07, 6.45) is -2.74. The maximum Gasteiger partial charge on any atom is 0.401 e. The zero-order valence-electron chi connectivity index (χ0n) is 12.6. The van der Waals surface area contributed by atoms with Gasteiger partial charge in [-0.3, -0.25) is 4.90 Å². The zero-order valence-corrected chi connectivity index (χ0v) is 12.6. The molecule has 2 unspecified atom stereocenters. The number of hydrogen-bond acceptors (Lipinski definition) is 2. The van der Waals surface area contributed by atoms with Crippen LogP contribution in [0.5, 0.6) is 0 Å². The van der Waals surface area contributed by atoms with Gasteiger partial charge in [0, 0.05) is 12.1 Å². The first-order valence-electron chi connectivity index (χ1n) is 7.58. The summed E-state index contributed by atoms with van der Waals surface area (Å²) in [5, 5.41) is 3.37. The third-order valence-electron chi connectivity index (χ3n) is 3.99. The van der Waals surface area contributed by atoms with Crippen LogP contribution in [-0.4, -0.2) is 36.8 Å². The minimum atomic E-state index is -4.15. The van der Waals surface area contributed by atoms with E-state index in [1.807, 2.05) is 38.1 Å². The summed E-state index contributed by atoms with van der Waals surface area (Å²) in [7, 11) is 0. The normalized spacial score (nSPS) is 21.8. The first-order valence-corrected chi connectivity index (χ1v) is 7.58. The van der Waals surface area contributed by atoms with Crippen molar-refractivity contribution >= 4 is 0 Å². The van der Waals surface area contributed by atoms with Gasteiger partial charge in [-0.25, -0.2) is 0 Å². The Kier molecular flexibility index (Phi) is 5.27. The van der Waals surface area contributed by atoms with Crippen molar-refractivity contribution in [1.29, 1.82) is 0 Å². The topological polar surface area (TPSA) is 15.3 Å². The zero-order chi connectivity index (χ0) is 15.5. The Bertz CT molecular complexity index is 459. The summed E-state index contributed by atoms with van der Waals surface area (Å²) >= 11 is 0. The van der Waals surface area contributed by atoms with E-state index in [9.17, 15) is 13.2 Å². The van der Waals surface area contributed by atoms with Gasteiger partial charge in [0.2, 0.25) is 0 Å². The van der Waals surface area contributed by atoms with E-state index >= 15 is 0 Å². The molecule has 0 spiro atoms. The number of alkyl halides is 3. The van der Waals surface area contributed by atoms with Crippen LogP contribution in [0.25, 0.3) is 0 Å². The number of fused-ring (bicyclic) bond motifs is 1. The van der Waals surface area contributed by atoms with Crippen LogP contribution in [0.3, 0.4) is 0 Å². The number of hydrogen-bond donors (Lipinski definition) is 1. The Labute approximate surface area is 124 Å². The van der Waals surface area contributed by atoms with E-state index < -0.39 is 12.7 Å². The molecule has 1 aromatic rings. The molecule has 0 aliphatic heterocycles. The van der Waals surface area contributed by atoms with Gasteiger partial charge in [-0.05, 0) is 37.1 Å². The van der Waals surface area contributed by atoms with Crippen molar-refractivity contribution in [1.82, 2.24) is 10.2 Å². The number of nitrogens with one attached hydrogen (secondary N) is 1. The van der Waals surface area contributed by atoms with E-state index in [2.05, 4.69) is 5.32 Å². The van der Waals surface area contributed by atoms with E-state index in [4.69, 9.17) is 0 Å². The number of halogens is 3. The monoisotopic (exact) mass is 300 g/mol. The average molecular weight is 300 g/mol. The Morgan fingerprint density at radius 1 is 1.24 bits per heavy atom. The van der Waals surface area contributed by atoms with Crippen LogP contribution in [0.4, 0.5) is 13.2 Å². The minimum Gasteiger partial charge on any atom is -0.309 e. The number of benzene rings is 1. The van der Waals surface area contributed by atoms with Crippen molar-refractivity contribution in [2.45, 2.75) is 44.9 Å². The molecule has 1 aromatic carbocycles. The molecular weight excluding hydrogens is 277 g/mol. The molecule has 0 fully saturated rings. The highest BCUT2D eigenvalue weighted by Gasteiger charge is 2.40. The van der Waals surface area contributed by atoms with E-state index in [0.29, 0.717) is 13.0 Å². The number of rotatable bonds is 6. The maximum atomic E-state index is 12.9. The molecule has 5 heteroatoms. The smallest absolute Gasteiger partial charge is 0.309 e. The maximum absolute atomic E-state index is 12.9. The molecule has 118 valence electrons. The first-order chi connectivity index (χ1) is 9.96. The lowest BCUT2D eigenvalue weighted by Gasteiger charge is -2.34. The highest BCUT2D eigenvalue weighted by molar-refractivity contribution is 5.37. The molecule has 1 N–H and O–H groups in total. The van der Waals surface area contributed by atoms with Crippen LogP contribution in [0.2, 0.25) is 0 Å². The SMILES string of the molecule is CCCN(CC(F)(F)F)C1Cc2ccccc2C1NCC. The second-order valence-electron chi connectivity index (χ2n) is 5.59. The second-order valence-corrected chi connectivity index (χ2v) is 5.59. The van der Waals surface area contributed by atoms with Gasteiger partial charge in [0.05, 0.1) is 6.54 Å². The van der Waals surface area contributed by atoms with Gasteiger partial charge in [0.25, 0.3) is 0 Å². The molecule has 2 atom stereocenters. The Hall–Kier alpha value is -1.07. The molecule has 0 saturated heterocycles. The van der Waals surface area contributed by atoms with Crippen LogP contribution < -0.4 is 5.32 Å². The lowest BCUT2D eigenvalue weighted by molar-refractivity contribution is -0.151. The van der Waals surface area contributed by atoms with E-state index in [-0.39, 0.29) is 12.1 Å². The van der Waals surface area contributed by atoms with Crippen molar-refractivity contribution in [3.8, 4) is 0 Å². The van der Waals surface area contributed by atoms with Crippen LogP contribution in [0.15, 0.2) is 24.3 Å². The van der Waals surface area contributed by atoms with Crippen molar-refractivity contribution in [3.05, 3.63) is 35.4 Å². The van der Waals surface area contributed by atoms with E-state index in [1.54, 1.807) is 4.90 Å². The van der Waals surface area contributed by atoms with E-state index in [1.165, 1.54) is 0 Å². The summed E-state index contributed by atoms with van der Waals surface area (Å²) in [5.41, 5.74) is 2.31. The molecule has 2 nitrogen and oxygen atoms in total. The number of likely N-dealkylation sites (N-methyl/N-ethyl adjacent to an activating group) is 1. The molecule has 1 aliphatic rings. The predicted octanol–water partition coefficient (Wildman–Crippen LogP) is 3.54. The van der Waals surface area contributed by atoms with Crippen molar-refractivity contribution in [2.75, 3.05) is 19.6 Å². The Morgan fingerprint density at radius 3 is 2.57 bits per heavy atom. The summed E-state index contributed by atoms with van der Waals surface area (Å²) in [4.78, 5) is 1.59. The fourth-order valence-corrected chi connectivity index (χ4v) is 3.26. The van der Waals surface area contributed by atoms with Gasteiger partial charge < -0.3 is 5.32 Å². The van der Waals surface area contributed by atoms with E-state index in [0.717, 1.165) is 24.1 Å². The molecule has 0 radical (unpaired) electrons. The summed E-state index contributed by atoms with van der Waals surface area (Å²) in [6.45, 7) is 4.31. The lowest BCUT2D eigenvalue weighted by atomic mass is 10.1. The van der Waals surface area contributed by atoms with Gasteiger partial charge in [-0.2, -0.15) is 13.2 Å². The van der Waals surface area contributed by atoms with Gasteiger partial charge in [-0.15, -0.1) is 0 Å². The third kappa shape index (κ3) is 3.98. The highest BCUT2D eigenvalue weighted by atomic mass is 19.4.